The van der Waals surface area contributed by atoms with Gasteiger partial charge in [-0.1, -0.05) is 30.3 Å². The lowest BCUT2D eigenvalue weighted by atomic mass is 10.1. The van der Waals surface area contributed by atoms with Crippen molar-refractivity contribution in [3.63, 3.8) is 0 Å². The second-order valence-electron chi connectivity index (χ2n) is 4.18. The first-order chi connectivity index (χ1) is 8.88. The lowest BCUT2D eigenvalue weighted by Crippen LogP contribution is -2.26. The van der Waals surface area contributed by atoms with E-state index in [0.29, 0.717) is 5.56 Å². The van der Waals surface area contributed by atoms with E-state index in [4.69, 9.17) is 0 Å². The van der Waals surface area contributed by atoms with Crippen molar-refractivity contribution in [2.75, 3.05) is 6.54 Å². The molecular weight excluding hydrogens is 259 g/mol. The Bertz CT molecular complexity index is 393. The van der Waals surface area contributed by atoms with Crippen molar-refractivity contribution in [3.05, 3.63) is 35.9 Å². The zero-order chi connectivity index (χ0) is 14.3. The quantitative estimate of drug-likeness (QED) is 0.838. The fourth-order valence-corrected chi connectivity index (χ4v) is 1.53. The SMILES string of the molecule is O=C(CCC(F)(F)F)NCCC(O)c1ccccc1. The molecule has 0 radical (unpaired) electrons. The fourth-order valence-electron chi connectivity index (χ4n) is 1.53. The summed E-state index contributed by atoms with van der Waals surface area (Å²) in [5, 5.41) is 12.1. The molecule has 1 aromatic rings. The van der Waals surface area contributed by atoms with Crippen molar-refractivity contribution < 1.29 is 23.1 Å². The first-order valence-electron chi connectivity index (χ1n) is 5.95. The molecule has 0 fully saturated rings. The van der Waals surface area contributed by atoms with Crippen molar-refractivity contribution in [2.45, 2.75) is 31.5 Å². The van der Waals surface area contributed by atoms with Gasteiger partial charge in [0, 0.05) is 13.0 Å². The molecule has 1 rings (SSSR count). The number of aliphatic hydroxyl groups is 1. The van der Waals surface area contributed by atoms with Crippen LogP contribution in [-0.2, 0) is 4.79 Å². The predicted molar refractivity (Wildman–Crippen MR) is 64.3 cm³/mol. The van der Waals surface area contributed by atoms with Crippen LogP contribution in [0, 0.1) is 0 Å². The Morgan fingerprint density at radius 2 is 1.89 bits per heavy atom. The van der Waals surface area contributed by atoms with E-state index in [1.54, 1.807) is 24.3 Å². The molecule has 1 amide bonds. The average molecular weight is 275 g/mol. The average Bonchev–Trinajstić information content (AvgIpc) is 2.36. The number of aliphatic hydroxyl groups excluding tert-OH is 1. The number of carbonyl (C=O) groups excluding carboxylic acids is 1. The van der Waals surface area contributed by atoms with Crippen LogP contribution in [0.5, 0.6) is 0 Å². The van der Waals surface area contributed by atoms with Gasteiger partial charge < -0.3 is 10.4 Å². The number of amides is 1. The summed E-state index contributed by atoms with van der Waals surface area (Å²) in [6.45, 7) is 0.146. The molecule has 1 atom stereocenters. The second-order valence-corrected chi connectivity index (χ2v) is 4.18. The molecule has 0 aliphatic heterocycles. The van der Waals surface area contributed by atoms with Crippen molar-refractivity contribution in [2.24, 2.45) is 0 Å². The summed E-state index contributed by atoms with van der Waals surface area (Å²) in [5.74, 6) is -0.655. The largest absolute Gasteiger partial charge is 0.389 e. The molecule has 0 heterocycles. The van der Waals surface area contributed by atoms with Crippen LogP contribution >= 0.6 is 0 Å². The number of nitrogens with one attached hydrogen (secondary N) is 1. The van der Waals surface area contributed by atoms with E-state index in [1.165, 1.54) is 0 Å². The van der Waals surface area contributed by atoms with Crippen LogP contribution in [0.2, 0.25) is 0 Å². The van der Waals surface area contributed by atoms with Gasteiger partial charge in [0.1, 0.15) is 0 Å². The maximum Gasteiger partial charge on any atom is 0.389 e. The molecule has 1 aromatic carbocycles. The van der Waals surface area contributed by atoms with Gasteiger partial charge in [-0.3, -0.25) is 4.79 Å². The van der Waals surface area contributed by atoms with E-state index in [9.17, 15) is 23.1 Å². The lowest BCUT2D eigenvalue weighted by molar-refractivity contribution is -0.144. The molecule has 0 saturated heterocycles. The van der Waals surface area contributed by atoms with Crippen molar-refractivity contribution in [3.8, 4) is 0 Å². The highest BCUT2D eigenvalue weighted by molar-refractivity contribution is 5.75. The maximum absolute atomic E-state index is 11.9. The molecule has 3 nitrogen and oxygen atoms in total. The van der Waals surface area contributed by atoms with Gasteiger partial charge in [0.15, 0.2) is 0 Å². The molecular formula is C13H16F3NO2. The van der Waals surface area contributed by atoms with E-state index in [-0.39, 0.29) is 13.0 Å². The second kappa shape index (κ2) is 7.13. The normalized spacial score (nSPS) is 13.1. The van der Waals surface area contributed by atoms with Crippen LogP contribution in [0.25, 0.3) is 0 Å². The minimum absolute atomic E-state index is 0.146. The number of alkyl halides is 3. The van der Waals surface area contributed by atoms with Crippen molar-refractivity contribution in [1.29, 1.82) is 0 Å². The minimum Gasteiger partial charge on any atom is -0.388 e. The molecule has 0 aromatic heterocycles. The summed E-state index contributed by atoms with van der Waals surface area (Å²) in [5.41, 5.74) is 0.715. The van der Waals surface area contributed by atoms with Crippen LogP contribution < -0.4 is 5.32 Å². The minimum atomic E-state index is -4.32. The van der Waals surface area contributed by atoms with E-state index in [0.717, 1.165) is 0 Å². The fraction of sp³-hybridized carbons (Fsp3) is 0.462. The summed E-state index contributed by atoms with van der Waals surface area (Å²) in [6.07, 6.45) is -6.49. The highest BCUT2D eigenvalue weighted by atomic mass is 19.4. The van der Waals surface area contributed by atoms with Crippen LogP contribution in [0.15, 0.2) is 30.3 Å². The van der Waals surface area contributed by atoms with E-state index >= 15 is 0 Å². The van der Waals surface area contributed by atoms with Crippen molar-refractivity contribution >= 4 is 5.91 Å². The number of benzene rings is 1. The van der Waals surface area contributed by atoms with Gasteiger partial charge in [-0.15, -0.1) is 0 Å². The smallest absolute Gasteiger partial charge is 0.388 e. The topological polar surface area (TPSA) is 49.3 Å². The molecule has 106 valence electrons. The van der Waals surface area contributed by atoms with Gasteiger partial charge in [0.25, 0.3) is 0 Å². The Morgan fingerprint density at radius 1 is 1.26 bits per heavy atom. The Labute approximate surface area is 109 Å². The molecule has 0 spiro atoms. The highest BCUT2D eigenvalue weighted by Gasteiger charge is 2.27. The zero-order valence-electron chi connectivity index (χ0n) is 10.3. The van der Waals surface area contributed by atoms with Gasteiger partial charge in [-0.2, -0.15) is 13.2 Å². The molecule has 0 aliphatic carbocycles. The molecule has 0 bridgehead atoms. The Morgan fingerprint density at radius 3 is 2.47 bits per heavy atom. The number of hydrogen-bond acceptors (Lipinski definition) is 2. The van der Waals surface area contributed by atoms with Crippen molar-refractivity contribution in [1.82, 2.24) is 5.32 Å². The molecule has 0 aliphatic rings. The van der Waals surface area contributed by atoms with Crippen LogP contribution in [0.1, 0.15) is 30.9 Å². The number of carbonyl (C=O) groups is 1. The number of halogens is 3. The van der Waals surface area contributed by atoms with Crippen LogP contribution in [-0.4, -0.2) is 23.7 Å². The zero-order valence-corrected chi connectivity index (χ0v) is 10.3. The summed E-state index contributed by atoms with van der Waals surface area (Å²) >= 11 is 0. The van der Waals surface area contributed by atoms with E-state index in [1.807, 2.05) is 6.07 Å². The number of rotatable bonds is 6. The first-order valence-corrected chi connectivity index (χ1v) is 5.95. The summed E-state index contributed by atoms with van der Waals surface area (Å²) in [6, 6.07) is 8.86. The molecule has 2 N–H and O–H groups in total. The van der Waals surface area contributed by atoms with Crippen LogP contribution in [0.4, 0.5) is 13.2 Å². The summed E-state index contributed by atoms with van der Waals surface area (Å²) in [4.78, 5) is 11.1. The molecule has 19 heavy (non-hydrogen) atoms. The highest BCUT2D eigenvalue weighted by Crippen LogP contribution is 2.21. The monoisotopic (exact) mass is 275 g/mol. The van der Waals surface area contributed by atoms with E-state index < -0.39 is 31.0 Å². The summed E-state index contributed by atoms with van der Waals surface area (Å²) < 4.78 is 35.6. The standard InChI is InChI=1S/C13H16F3NO2/c14-13(15,16)8-6-12(19)17-9-7-11(18)10-4-2-1-3-5-10/h1-5,11,18H,6-9H2,(H,17,19). The molecule has 1 unspecified atom stereocenters. The maximum atomic E-state index is 11.9. The lowest BCUT2D eigenvalue weighted by Gasteiger charge is -2.12. The molecule has 0 saturated carbocycles. The van der Waals surface area contributed by atoms with Gasteiger partial charge in [-0.25, -0.2) is 0 Å². The Hall–Kier alpha value is -1.56. The third-order valence-electron chi connectivity index (χ3n) is 2.56. The van der Waals surface area contributed by atoms with Gasteiger partial charge in [0.05, 0.1) is 12.5 Å². The Kier molecular flexibility index (Phi) is 5.82. The third-order valence-corrected chi connectivity index (χ3v) is 2.56. The molecule has 6 heteroatoms. The van der Waals surface area contributed by atoms with Crippen LogP contribution in [0.3, 0.4) is 0 Å². The van der Waals surface area contributed by atoms with Gasteiger partial charge in [0.2, 0.25) is 5.91 Å². The van der Waals surface area contributed by atoms with E-state index in [2.05, 4.69) is 5.32 Å². The Balaban J connectivity index is 2.22. The number of hydrogen-bond donors (Lipinski definition) is 2. The predicted octanol–water partition coefficient (Wildman–Crippen LogP) is 2.57. The first kappa shape index (κ1) is 15.5. The summed E-state index contributed by atoms with van der Waals surface area (Å²) in [7, 11) is 0. The van der Waals surface area contributed by atoms with Gasteiger partial charge >= 0.3 is 6.18 Å². The third kappa shape index (κ3) is 6.81. The van der Waals surface area contributed by atoms with Gasteiger partial charge in [-0.05, 0) is 12.0 Å².